The number of methoxy groups -OCH3 is 2. The van der Waals surface area contributed by atoms with Gasteiger partial charge in [-0.25, -0.2) is 0 Å². The number of rotatable bonds is 3. The van der Waals surface area contributed by atoms with Crippen LogP contribution in [0.3, 0.4) is 0 Å². The van der Waals surface area contributed by atoms with Crippen LogP contribution in [-0.4, -0.2) is 14.2 Å². The van der Waals surface area contributed by atoms with Gasteiger partial charge in [0, 0.05) is 10.9 Å². The van der Waals surface area contributed by atoms with Crippen LogP contribution in [0, 0.1) is 6.92 Å². The van der Waals surface area contributed by atoms with Crippen molar-refractivity contribution >= 4 is 11.3 Å². The highest BCUT2D eigenvalue weighted by Crippen LogP contribution is 2.34. The Balaban J connectivity index is 2.52. The van der Waals surface area contributed by atoms with Gasteiger partial charge in [-0.2, -0.15) is 0 Å². The third-order valence-electron chi connectivity index (χ3n) is 2.48. The molecule has 0 spiro atoms. The predicted octanol–water partition coefficient (Wildman–Crippen LogP) is 3.74. The first kappa shape index (κ1) is 11.0. The van der Waals surface area contributed by atoms with E-state index in [9.17, 15) is 0 Å². The third-order valence-corrected chi connectivity index (χ3v) is 3.54. The summed E-state index contributed by atoms with van der Waals surface area (Å²) >= 11 is 1.73. The molecule has 2 aromatic rings. The van der Waals surface area contributed by atoms with E-state index in [4.69, 9.17) is 9.47 Å². The minimum Gasteiger partial charge on any atom is -0.497 e. The molecule has 0 aliphatic carbocycles. The molecule has 1 aromatic heterocycles. The van der Waals surface area contributed by atoms with Crippen LogP contribution in [0.15, 0.2) is 29.6 Å². The van der Waals surface area contributed by atoms with Crippen LogP contribution >= 0.6 is 11.3 Å². The molecule has 0 bridgehead atoms. The Hall–Kier alpha value is -1.48. The quantitative estimate of drug-likeness (QED) is 0.805. The largest absolute Gasteiger partial charge is 0.497 e. The summed E-state index contributed by atoms with van der Waals surface area (Å²) < 4.78 is 10.5. The molecule has 1 heterocycles. The van der Waals surface area contributed by atoms with Crippen molar-refractivity contribution in [2.24, 2.45) is 0 Å². The lowest BCUT2D eigenvalue weighted by molar-refractivity contribution is 0.394. The van der Waals surface area contributed by atoms with Crippen molar-refractivity contribution in [1.82, 2.24) is 0 Å². The lowest BCUT2D eigenvalue weighted by atomic mass is 10.1. The van der Waals surface area contributed by atoms with E-state index in [2.05, 4.69) is 18.4 Å². The molecule has 0 aliphatic rings. The Kier molecular flexibility index (Phi) is 3.15. The van der Waals surface area contributed by atoms with Gasteiger partial charge in [0.05, 0.1) is 14.2 Å². The molecule has 3 heteroatoms. The summed E-state index contributed by atoms with van der Waals surface area (Å²) in [5.74, 6) is 1.64. The van der Waals surface area contributed by atoms with Crippen molar-refractivity contribution in [1.29, 1.82) is 0 Å². The molecule has 0 N–H and O–H groups in total. The number of hydrogen-bond acceptors (Lipinski definition) is 3. The van der Waals surface area contributed by atoms with Crippen LogP contribution in [0.5, 0.6) is 11.5 Å². The lowest BCUT2D eigenvalue weighted by Crippen LogP contribution is -1.88. The number of hydrogen-bond donors (Lipinski definition) is 0. The molecule has 2 rings (SSSR count). The van der Waals surface area contributed by atoms with E-state index < -0.39 is 0 Å². The molecule has 1 aromatic carbocycles. The van der Waals surface area contributed by atoms with Crippen LogP contribution in [0.1, 0.15) is 5.56 Å². The normalized spacial score (nSPS) is 10.2. The molecular weight excluding hydrogens is 220 g/mol. The summed E-state index contributed by atoms with van der Waals surface area (Å²) in [7, 11) is 3.33. The van der Waals surface area contributed by atoms with Gasteiger partial charge >= 0.3 is 0 Å². The van der Waals surface area contributed by atoms with Crippen molar-refractivity contribution in [3.63, 3.8) is 0 Å². The average molecular weight is 234 g/mol. The number of aryl methyl sites for hydroxylation is 1. The highest BCUT2D eigenvalue weighted by molar-refractivity contribution is 7.13. The van der Waals surface area contributed by atoms with Crippen LogP contribution < -0.4 is 9.47 Å². The molecule has 0 saturated carbocycles. The molecule has 0 aliphatic heterocycles. The average Bonchev–Trinajstić information content (AvgIpc) is 2.74. The number of thiophene rings is 1. The topological polar surface area (TPSA) is 18.5 Å². The van der Waals surface area contributed by atoms with Gasteiger partial charge in [-0.1, -0.05) is 0 Å². The van der Waals surface area contributed by atoms with Crippen LogP contribution in [0.4, 0.5) is 0 Å². The minimum atomic E-state index is 0.821. The van der Waals surface area contributed by atoms with Crippen LogP contribution in [0.2, 0.25) is 0 Å². The van der Waals surface area contributed by atoms with Gasteiger partial charge in [-0.3, -0.25) is 0 Å². The van der Waals surface area contributed by atoms with Crippen LogP contribution in [-0.2, 0) is 0 Å². The molecule has 0 fully saturated rings. The second-order valence-corrected chi connectivity index (χ2v) is 4.45. The molecule has 84 valence electrons. The maximum atomic E-state index is 5.26. The van der Waals surface area contributed by atoms with E-state index in [1.807, 2.05) is 18.2 Å². The third kappa shape index (κ3) is 2.04. The van der Waals surface area contributed by atoms with Gasteiger partial charge in [-0.05, 0) is 41.6 Å². The highest BCUT2D eigenvalue weighted by atomic mass is 32.1. The van der Waals surface area contributed by atoms with E-state index in [1.165, 1.54) is 10.4 Å². The fourth-order valence-corrected chi connectivity index (χ4v) is 2.52. The summed E-state index contributed by atoms with van der Waals surface area (Å²) in [5, 5.41) is 2.09. The van der Waals surface area contributed by atoms with Gasteiger partial charge in [0.2, 0.25) is 0 Å². The maximum Gasteiger partial charge on any atom is 0.123 e. The highest BCUT2D eigenvalue weighted by Gasteiger charge is 2.07. The van der Waals surface area contributed by atoms with Gasteiger partial charge in [0.15, 0.2) is 0 Å². The summed E-state index contributed by atoms with van der Waals surface area (Å²) in [5.41, 5.74) is 2.42. The second kappa shape index (κ2) is 4.58. The molecule has 0 saturated heterocycles. The zero-order valence-corrected chi connectivity index (χ0v) is 10.4. The van der Waals surface area contributed by atoms with Gasteiger partial charge in [0.25, 0.3) is 0 Å². The monoisotopic (exact) mass is 234 g/mol. The standard InChI is InChI=1S/C13H14O2S/c1-9-4-5-16-13(9)10-6-11(14-2)8-12(7-10)15-3/h4-8H,1-3H3. The van der Waals surface area contributed by atoms with E-state index in [-0.39, 0.29) is 0 Å². The van der Waals surface area contributed by atoms with Crippen molar-refractivity contribution < 1.29 is 9.47 Å². The maximum absolute atomic E-state index is 5.26. The Morgan fingerprint density at radius 3 is 2.06 bits per heavy atom. The van der Waals surface area contributed by atoms with E-state index in [0.717, 1.165) is 17.1 Å². The Morgan fingerprint density at radius 1 is 1.00 bits per heavy atom. The summed E-state index contributed by atoms with van der Waals surface area (Å²) in [4.78, 5) is 1.26. The molecule has 0 atom stereocenters. The smallest absolute Gasteiger partial charge is 0.123 e. The van der Waals surface area contributed by atoms with Crippen molar-refractivity contribution in [2.75, 3.05) is 14.2 Å². The summed E-state index contributed by atoms with van der Waals surface area (Å²) in [6, 6.07) is 8.06. The fraction of sp³-hybridized carbons (Fsp3) is 0.231. The van der Waals surface area contributed by atoms with Crippen LogP contribution in [0.25, 0.3) is 10.4 Å². The van der Waals surface area contributed by atoms with E-state index in [0.29, 0.717) is 0 Å². The molecular formula is C13H14O2S. The first-order chi connectivity index (χ1) is 7.74. The summed E-state index contributed by atoms with van der Waals surface area (Å²) in [6.07, 6.45) is 0. The predicted molar refractivity (Wildman–Crippen MR) is 67.6 cm³/mol. The zero-order valence-electron chi connectivity index (χ0n) is 9.61. The van der Waals surface area contributed by atoms with Crippen molar-refractivity contribution in [3.05, 3.63) is 35.2 Å². The first-order valence-corrected chi connectivity index (χ1v) is 5.90. The molecule has 0 amide bonds. The van der Waals surface area contributed by atoms with Gasteiger partial charge in [0.1, 0.15) is 11.5 Å². The molecule has 16 heavy (non-hydrogen) atoms. The first-order valence-electron chi connectivity index (χ1n) is 5.02. The number of ether oxygens (including phenoxy) is 2. The number of benzene rings is 1. The minimum absolute atomic E-state index is 0.821. The lowest BCUT2D eigenvalue weighted by Gasteiger charge is -2.07. The Labute approximate surface area is 99.5 Å². The van der Waals surface area contributed by atoms with Crippen molar-refractivity contribution in [2.45, 2.75) is 6.92 Å². The Morgan fingerprint density at radius 2 is 1.62 bits per heavy atom. The second-order valence-electron chi connectivity index (χ2n) is 3.53. The summed E-state index contributed by atoms with van der Waals surface area (Å²) in [6.45, 7) is 2.11. The SMILES string of the molecule is COc1cc(OC)cc(-c2sccc2C)c1. The molecule has 0 radical (unpaired) electrons. The molecule has 2 nitrogen and oxygen atoms in total. The van der Waals surface area contributed by atoms with Gasteiger partial charge < -0.3 is 9.47 Å². The zero-order chi connectivity index (χ0) is 11.5. The van der Waals surface area contributed by atoms with E-state index in [1.54, 1.807) is 25.6 Å². The Bertz CT molecular complexity index is 466. The van der Waals surface area contributed by atoms with Crippen molar-refractivity contribution in [3.8, 4) is 21.9 Å². The van der Waals surface area contributed by atoms with Gasteiger partial charge in [-0.15, -0.1) is 11.3 Å². The molecule has 0 unspecified atom stereocenters. The van der Waals surface area contributed by atoms with E-state index >= 15 is 0 Å². The fourth-order valence-electron chi connectivity index (χ4n) is 1.61.